The van der Waals surface area contributed by atoms with Crippen LogP contribution in [-0.2, 0) is 16.1 Å². The first-order valence-corrected chi connectivity index (χ1v) is 9.99. The van der Waals surface area contributed by atoms with Crippen LogP contribution in [0.4, 0.5) is 10.1 Å². The molecule has 29 heavy (non-hydrogen) atoms. The van der Waals surface area contributed by atoms with Crippen LogP contribution < -0.4 is 10.1 Å². The number of carbonyl (C=O) groups is 2. The van der Waals surface area contributed by atoms with Crippen LogP contribution in [0.1, 0.15) is 43.2 Å². The highest BCUT2D eigenvalue weighted by molar-refractivity contribution is 6.01. The van der Waals surface area contributed by atoms with Crippen molar-refractivity contribution < 1.29 is 18.7 Å². The number of anilines is 1. The van der Waals surface area contributed by atoms with Crippen molar-refractivity contribution >= 4 is 17.5 Å². The maximum Gasteiger partial charge on any atom is 0.231 e. The van der Waals surface area contributed by atoms with Crippen LogP contribution >= 0.6 is 0 Å². The summed E-state index contributed by atoms with van der Waals surface area (Å²) in [6.07, 6.45) is 2.30. The summed E-state index contributed by atoms with van der Waals surface area (Å²) in [5.74, 6) is -0.116. The molecule has 1 aliphatic heterocycles. The minimum Gasteiger partial charge on any atom is -0.497 e. The molecule has 2 atom stereocenters. The summed E-state index contributed by atoms with van der Waals surface area (Å²) in [7, 11) is 1.62. The fraction of sp³-hybridized carbons (Fsp3) is 0.391. The number of hydrogen-bond donors (Lipinski definition) is 1. The lowest BCUT2D eigenvalue weighted by Crippen LogP contribution is -2.44. The van der Waals surface area contributed by atoms with Gasteiger partial charge in [0.2, 0.25) is 11.8 Å². The van der Waals surface area contributed by atoms with Gasteiger partial charge in [0.25, 0.3) is 0 Å². The van der Waals surface area contributed by atoms with Crippen LogP contribution in [0.25, 0.3) is 0 Å². The van der Waals surface area contributed by atoms with E-state index in [9.17, 15) is 14.0 Å². The monoisotopic (exact) mass is 396 g/mol. The smallest absolute Gasteiger partial charge is 0.231 e. The van der Waals surface area contributed by atoms with Gasteiger partial charge < -0.3 is 15.0 Å². The van der Waals surface area contributed by atoms with E-state index in [1.165, 1.54) is 12.1 Å². The van der Waals surface area contributed by atoms with Gasteiger partial charge in [-0.15, -0.1) is 0 Å². The third kappa shape index (κ3) is 4.11. The van der Waals surface area contributed by atoms with Crippen LogP contribution in [0.2, 0.25) is 0 Å². The lowest BCUT2D eigenvalue weighted by Gasteiger charge is -2.35. The molecule has 2 amide bonds. The van der Waals surface area contributed by atoms with E-state index in [4.69, 9.17) is 4.74 Å². The first-order valence-electron chi connectivity index (χ1n) is 9.99. The average molecular weight is 396 g/mol. The van der Waals surface area contributed by atoms with Crippen LogP contribution in [-0.4, -0.2) is 29.9 Å². The number of ether oxygens (including phenoxy) is 1. The van der Waals surface area contributed by atoms with E-state index < -0.39 is 11.7 Å². The third-order valence-corrected chi connectivity index (χ3v) is 5.94. The first kappa shape index (κ1) is 19.4. The molecule has 0 aromatic heterocycles. The Morgan fingerprint density at radius 3 is 2.62 bits per heavy atom. The van der Waals surface area contributed by atoms with Gasteiger partial charge in [0, 0.05) is 24.7 Å². The molecule has 2 aromatic rings. The number of hydrogen-bond acceptors (Lipinski definition) is 3. The van der Waals surface area contributed by atoms with Crippen molar-refractivity contribution in [3.63, 3.8) is 0 Å². The standard InChI is InChI=1S/C23H25FN2O3/c1-14(16-5-6-16)26(13-15-3-8-18(29-2)9-4-15)23(28)20-12-22(27)25-21-11-17(24)7-10-19(20)21/h3-4,7-11,14,16,20H,5-6,12-13H2,1-2H3,(H,25,27). The molecule has 5 nitrogen and oxygen atoms in total. The molecule has 0 saturated heterocycles. The van der Waals surface area contributed by atoms with Gasteiger partial charge in [-0.2, -0.15) is 0 Å². The minimum atomic E-state index is -0.598. The van der Waals surface area contributed by atoms with E-state index in [1.54, 1.807) is 13.2 Å². The number of amides is 2. The molecule has 1 aliphatic carbocycles. The molecule has 4 rings (SSSR count). The summed E-state index contributed by atoms with van der Waals surface area (Å²) in [6, 6.07) is 12.0. The molecule has 1 saturated carbocycles. The Morgan fingerprint density at radius 2 is 1.97 bits per heavy atom. The number of halogens is 1. The zero-order valence-corrected chi connectivity index (χ0v) is 16.7. The zero-order valence-electron chi connectivity index (χ0n) is 16.7. The fourth-order valence-electron chi connectivity index (χ4n) is 4.04. The highest BCUT2D eigenvalue weighted by atomic mass is 19.1. The fourth-order valence-corrected chi connectivity index (χ4v) is 4.04. The van der Waals surface area contributed by atoms with Gasteiger partial charge in [-0.1, -0.05) is 18.2 Å². The van der Waals surface area contributed by atoms with Gasteiger partial charge >= 0.3 is 0 Å². The van der Waals surface area contributed by atoms with Gasteiger partial charge in [0.15, 0.2) is 0 Å². The Hall–Kier alpha value is -2.89. The summed E-state index contributed by atoms with van der Waals surface area (Å²) in [5.41, 5.74) is 2.08. The number of rotatable bonds is 6. The lowest BCUT2D eigenvalue weighted by atomic mass is 9.88. The predicted octanol–water partition coefficient (Wildman–Crippen LogP) is 4.09. The van der Waals surface area contributed by atoms with Crippen molar-refractivity contribution in [2.75, 3.05) is 12.4 Å². The summed E-state index contributed by atoms with van der Waals surface area (Å²) >= 11 is 0. The molecule has 1 N–H and O–H groups in total. The van der Waals surface area contributed by atoms with E-state index in [0.717, 1.165) is 24.2 Å². The second-order valence-corrected chi connectivity index (χ2v) is 7.93. The topological polar surface area (TPSA) is 58.6 Å². The normalized spacial score (nSPS) is 19.1. The van der Waals surface area contributed by atoms with Crippen molar-refractivity contribution in [3.05, 3.63) is 59.4 Å². The van der Waals surface area contributed by atoms with E-state index in [-0.39, 0.29) is 24.3 Å². The molecular formula is C23H25FN2O3. The van der Waals surface area contributed by atoms with Crippen molar-refractivity contribution in [3.8, 4) is 5.75 Å². The van der Waals surface area contributed by atoms with Crippen molar-refractivity contribution in [2.24, 2.45) is 5.92 Å². The molecule has 2 aromatic carbocycles. The number of fused-ring (bicyclic) bond motifs is 1. The van der Waals surface area contributed by atoms with E-state index >= 15 is 0 Å². The molecule has 0 bridgehead atoms. The molecule has 152 valence electrons. The predicted molar refractivity (Wildman–Crippen MR) is 108 cm³/mol. The summed E-state index contributed by atoms with van der Waals surface area (Å²) in [5, 5.41) is 2.69. The van der Waals surface area contributed by atoms with Crippen molar-refractivity contribution in [1.82, 2.24) is 4.90 Å². The lowest BCUT2D eigenvalue weighted by molar-refractivity contribution is -0.138. The molecule has 2 aliphatic rings. The number of methoxy groups -OCH3 is 1. The van der Waals surface area contributed by atoms with Gasteiger partial charge in [-0.25, -0.2) is 4.39 Å². The maximum absolute atomic E-state index is 13.6. The van der Waals surface area contributed by atoms with E-state index in [1.807, 2.05) is 29.2 Å². The van der Waals surface area contributed by atoms with Crippen LogP contribution in [0.15, 0.2) is 42.5 Å². The highest BCUT2D eigenvalue weighted by Gasteiger charge is 2.39. The van der Waals surface area contributed by atoms with E-state index in [0.29, 0.717) is 23.7 Å². The van der Waals surface area contributed by atoms with E-state index in [2.05, 4.69) is 12.2 Å². The molecule has 1 heterocycles. The quantitative estimate of drug-likeness (QED) is 0.800. The second kappa shape index (κ2) is 7.85. The average Bonchev–Trinajstić information content (AvgIpc) is 3.56. The Bertz CT molecular complexity index is 924. The van der Waals surface area contributed by atoms with Crippen molar-refractivity contribution in [1.29, 1.82) is 0 Å². The Labute approximate surface area is 169 Å². The number of carbonyl (C=O) groups excluding carboxylic acids is 2. The Balaban J connectivity index is 1.63. The van der Waals surface area contributed by atoms with Gasteiger partial charge in [-0.05, 0) is 61.1 Å². The summed E-state index contributed by atoms with van der Waals surface area (Å²) < 4.78 is 18.9. The molecule has 2 unspecified atom stereocenters. The van der Waals surface area contributed by atoms with Crippen LogP contribution in [0.3, 0.4) is 0 Å². The van der Waals surface area contributed by atoms with Gasteiger partial charge in [0.05, 0.1) is 13.0 Å². The molecule has 6 heteroatoms. The number of benzene rings is 2. The number of nitrogens with one attached hydrogen (secondary N) is 1. The molecule has 0 radical (unpaired) electrons. The van der Waals surface area contributed by atoms with Gasteiger partial charge in [-0.3, -0.25) is 9.59 Å². The molecule has 0 spiro atoms. The maximum atomic E-state index is 13.6. The Kier molecular flexibility index (Phi) is 5.26. The summed E-state index contributed by atoms with van der Waals surface area (Å²) in [6.45, 7) is 2.54. The number of nitrogens with zero attached hydrogens (tertiary/aromatic N) is 1. The third-order valence-electron chi connectivity index (χ3n) is 5.94. The van der Waals surface area contributed by atoms with Crippen LogP contribution in [0.5, 0.6) is 5.75 Å². The highest BCUT2D eigenvalue weighted by Crippen LogP contribution is 2.39. The second-order valence-electron chi connectivity index (χ2n) is 7.93. The van der Waals surface area contributed by atoms with Crippen molar-refractivity contribution in [2.45, 2.75) is 44.7 Å². The summed E-state index contributed by atoms with van der Waals surface area (Å²) in [4.78, 5) is 27.7. The minimum absolute atomic E-state index is 0.0773. The Morgan fingerprint density at radius 1 is 1.24 bits per heavy atom. The molecular weight excluding hydrogens is 371 g/mol. The van der Waals surface area contributed by atoms with Crippen LogP contribution in [0, 0.1) is 11.7 Å². The SMILES string of the molecule is COc1ccc(CN(C(=O)C2CC(=O)Nc3cc(F)ccc32)C(C)C2CC2)cc1. The first-order chi connectivity index (χ1) is 14.0. The van der Waals surface area contributed by atoms with Gasteiger partial charge in [0.1, 0.15) is 11.6 Å². The largest absolute Gasteiger partial charge is 0.497 e. The zero-order chi connectivity index (χ0) is 20.5. The molecule has 1 fully saturated rings.